The van der Waals surface area contributed by atoms with Crippen LogP contribution in [0.15, 0.2) is 48.5 Å². The van der Waals surface area contributed by atoms with Crippen LogP contribution in [0.4, 0.5) is 4.79 Å². The van der Waals surface area contributed by atoms with Crippen LogP contribution in [0, 0.1) is 18.3 Å². The van der Waals surface area contributed by atoms with Crippen LogP contribution in [0.2, 0.25) is 0 Å². The second-order valence-electron chi connectivity index (χ2n) is 7.78. The molecular weight excluding hydrogens is 366 g/mol. The lowest BCUT2D eigenvalue weighted by molar-refractivity contribution is 0.00311. The SMILES string of the molecule is Cc1ccccc1C(=O)N1CCC2(CC1)CN(Cc1ccccc1C#N)C(=O)O2. The molecule has 148 valence electrons. The first-order chi connectivity index (χ1) is 14.0. The Kier molecular flexibility index (Phi) is 4.98. The Balaban J connectivity index is 1.41. The smallest absolute Gasteiger partial charge is 0.410 e. The molecule has 2 amide bonds. The molecule has 0 N–H and O–H groups in total. The molecule has 2 heterocycles. The monoisotopic (exact) mass is 389 g/mol. The molecule has 29 heavy (non-hydrogen) atoms. The topological polar surface area (TPSA) is 73.6 Å². The van der Waals surface area contributed by atoms with Crippen molar-refractivity contribution in [2.24, 2.45) is 0 Å². The summed E-state index contributed by atoms with van der Waals surface area (Å²) < 4.78 is 5.77. The van der Waals surface area contributed by atoms with Gasteiger partial charge in [0.05, 0.1) is 24.7 Å². The van der Waals surface area contributed by atoms with E-state index in [2.05, 4.69) is 6.07 Å². The number of nitrogens with zero attached hydrogens (tertiary/aromatic N) is 3. The quantitative estimate of drug-likeness (QED) is 0.805. The highest BCUT2D eigenvalue weighted by Crippen LogP contribution is 2.34. The van der Waals surface area contributed by atoms with Crippen molar-refractivity contribution >= 4 is 12.0 Å². The molecule has 0 aliphatic carbocycles. The van der Waals surface area contributed by atoms with Crippen molar-refractivity contribution in [2.75, 3.05) is 19.6 Å². The summed E-state index contributed by atoms with van der Waals surface area (Å²) >= 11 is 0. The number of piperidine rings is 1. The Hall–Kier alpha value is -3.33. The Bertz CT molecular complexity index is 987. The number of ether oxygens (including phenoxy) is 1. The Morgan fingerprint density at radius 2 is 1.83 bits per heavy atom. The van der Waals surface area contributed by atoms with Crippen LogP contribution < -0.4 is 0 Å². The Labute approximate surface area is 170 Å². The van der Waals surface area contributed by atoms with Crippen molar-refractivity contribution < 1.29 is 14.3 Å². The van der Waals surface area contributed by atoms with Gasteiger partial charge in [-0.05, 0) is 30.2 Å². The van der Waals surface area contributed by atoms with Gasteiger partial charge in [-0.25, -0.2) is 4.79 Å². The largest absolute Gasteiger partial charge is 0.441 e. The van der Waals surface area contributed by atoms with E-state index < -0.39 is 5.60 Å². The van der Waals surface area contributed by atoms with Crippen molar-refractivity contribution in [3.05, 3.63) is 70.8 Å². The van der Waals surface area contributed by atoms with E-state index in [-0.39, 0.29) is 12.0 Å². The predicted octanol–water partition coefficient (Wildman–Crippen LogP) is 3.49. The van der Waals surface area contributed by atoms with Gasteiger partial charge in [0.1, 0.15) is 5.60 Å². The standard InChI is InChI=1S/C23H23N3O3/c1-17-6-2-5-9-20(17)21(27)25-12-10-23(11-13-25)16-26(22(28)29-23)15-19-8-4-3-7-18(19)14-24/h2-9H,10-13,15-16H2,1H3. The van der Waals surface area contributed by atoms with Crippen molar-refractivity contribution in [2.45, 2.75) is 31.9 Å². The fraction of sp³-hybridized carbons (Fsp3) is 0.348. The van der Waals surface area contributed by atoms with Gasteiger partial charge in [-0.2, -0.15) is 5.26 Å². The zero-order valence-corrected chi connectivity index (χ0v) is 16.4. The molecule has 0 unspecified atom stereocenters. The van der Waals surface area contributed by atoms with Crippen LogP contribution in [0.1, 0.15) is 39.9 Å². The number of hydrogen-bond donors (Lipinski definition) is 0. The predicted molar refractivity (Wildman–Crippen MR) is 107 cm³/mol. The summed E-state index contributed by atoms with van der Waals surface area (Å²) in [5.41, 5.74) is 2.52. The lowest BCUT2D eigenvalue weighted by Gasteiger charge is -2.37. The highest BCUT2D eigenvalue weighted by molar-refractivity contribution is 5.95. The van der Waals surface area contributed by atoms with E-state index in [0.717, 1.165) is 16.7 Å². The summed E-state index contributed by atoms with van der Waals surface area (Å²) in [6, 6.07) is 17.1. The minimum atomic E-state index is -0.554. The van der Waals surface area contributed by atoms with Gasteiger partial charge in [-0.15, -0.1) is 0 Å². The van der Waals surface area contributed by atoms with Crippen LogP contribution in [-0.2, 0) is 11.3 Å². The molecule has 0 saturated carbocycles. The van der Waals surface area contributed by atoms with Crippen molar-refractivity contribution in [1.29, 1.82) is 5.26 Å². The van der Waals surface area contributed by atoms with Crippen molar-refractivity contribution in [1.82, 2.24) is 9.80 Å². The maximum absolute atomic E-state index is 12.8. The number of amides is 2. The number of carbonyl (C=O) groups excluding carboxylic acids is 2. The van der Waals surface area contributed by atoms with E-state index in [0.29, 0.717) is 44.6 Å². The van der Waals surface area contributed by atoms with E-state index in [1.807, 2.05) is 54.3 Å². The lowest BCUT2D eigenvalue weighted by atomic mass is 9.90. The summed E-state index contributed by atoms with van der Waals surface area (Å²) in [7, 11) is 0. The maximum atomic E-state index is 12.8. The van der Waals surface area contributed by atoms with Gasteiger partial charge in [0, 0.05) is 31.5 Å². The second kappa shape index (κ2) is 7.59. The van der Waals surface area contributed by atoms with Crippen LogP contribution in [-0.4, -0.2) is 47.0 Å². The Morgan fingerprint density at radius 1 is 1.14 bits per heavy atom. The first kappa shape index (κ1) is 19.0. The summed E-state index contributed by atoms with van der Waals surface area (Å²) in [5, 5.41) is 9.27. The summed E-state index contributed by atoms with van der Waals surface area (Å²) in [6.45, 7) is 3.90. The zero-order valence-electron chi connectivity index (χ0n) is 16.4. The molecule has 0 radical (unpaired) electrons. The number of benzene rings is 2. The van der Waals surface area contributed by atoms with Gasteiger partial charge < -0.3 is 9.64 Å². The van der Waals surface area contributed by atoms with Gasteiger partial charge in [-0.1, -0.05) is 36.4 Å². The van der Waals surface area contributed by atoms with E-state index in [9.17, 15) is 14.9 Å². The van der Waals surface area contributed by atoms with Gasteiger partial charge in [0.2, 0.25) is 0 Å². The average molecular weight is 389 g/mol. The van der Waals surface area contributed by atoms with Crippen molar-refractivity contribution in [3.63, 3.8) is 0 Å². The highest BCUT2D eigenvalue weighted by Gasteiger charge is 2.47. The zero-order chi connectivity index (χ0) is 20.4. The highest BCUT2D eigenvalue weighted by atomic mass is 16.6. The molecule has 6 heteroatoms. The van der Waals surface area contributed by atoms with Crippen LogP contribution in [0.3, 0.4) is 0 Å². The van der Waals surface area contributed by atoms with E-state index in [1.54, 1.807) is 11.0 Å². The summed E-state index contributed by atoms with van der Waals surface area (Å²) in [5.74, 6) is 0.0297. The first-order valence-corrected chi connectivity index (χ1v) is 9.82. The van der Waals surface area contributed by atoms with Crippen LogP contribution in [0.5, 0.6) is 0 Å². The molecule has 4 rings (SSSR count). The Morgan fingerprint density at radius 3 is 2.55 bits per heavy atom. The normalized spacial score (nSPS) is 17.9. The fourth-order valence-corrected chi connectivity index (χ4v) is 4.15. The number of likely N-dealkylation sites (tertiary alicyclic amines) is 1. The van der Waals surface area contributed by atoms with Gasteiger partial charge in [0.25, 0.3) is 5.91 Å². The minimum absolute atomic E-state index is 0.0297. The minimum Gasteiger partial charge on any atom is -0.441 e. The second-order valence-corrected chi connectivity index (χ2v) is 7.78. The first-order valence-electron chi connectivity index (χ1n) is 9.82. The average Bonchev–Trinajstić information content (AvgIpc) is 3.03. The van der Waals surface area contributed by atoms with Crippen LogP contribution in [0.25, 0.3) is 0 Å². The molecule has 2 aliphatic heterocycles. The third-order valence-corrected chi connectivity index (χ3v) is 5.88. The molecular formula is C23H23N3O3. The van der Waals surface area contributed by atoms with E-state index in [4.69, 9.17) is 4.74 Å². The number of hydrogen-bond acceptors (Lipinski definition) is 4. The third kappa shape index (κ3) is 3.68. The molecule has 2 aromatic carbocycles. The fourth-order valence-electron chi connectivity index (χ4n) is 4.15. The molecule has 0 aromatic heterocycles. The van der Waals surface area contributed by atoms with Gasteiger partial charge in [-0.3, -0.25) is 9.69 Å². The van der Waals surface area contributed by atoms with Gasteiger partial charge in [0.15, 0.2) is 0 Å². The number of carbonyl (C=O) groups is 2. The maximum Gasteiger partial charge on any atom is 0.410 e. The molecule has 2 aliphatic rings. The molecule has 2 saturated heterocycles. The summed E-state index contributed by atoms with van der Waals surface area (Å²) in [4.78, 5) is 28.8. The number of rotatable bonds is 3. The molecule has 1 spiro atoms. The van der Waals surface area contributed by atoms with E-state index >= 15 is 0 Å². The lowest BCUT2D eigenvalue weighted by Crippen LogP contribution is -2.48. The molecule has 0 bridgehead atoms. The molecule has 2 fully saturated rings. The van der Waals surface area contributed by atoms with Crippen LogP contribution >= 0.6 is 0 Å². The molecule has 6 nitrogen and oxygen atoms in total. The van der Waals surface area contributed by atoms with Crippen molar-refractivity contribution in [3.8, 4) is 6.07 Å². The molecule has 0 atom stereocenters. The number of aryl methyl sites for hydroxylation is 1. The molecule has 2 aromatic rings. The van der Waals surface area contributed by atoms with E-state index in [1.165, 1.54) is 0 Å². The number of nitriles is 1. The summed E-state index contributed by atoms with van der Waals surface area (Å²) in [6.07, 6.45) is 0.885. The van der Waals surface area contributed by atoms with Gasteiger partial charge >= 0.3 is 6.09 Å². The third-order valence-electron chi connectivity index (χ3n) is 5.88.